The van der Waals surface area contributed by atoms with Crippen LogP contribution in [0.25, 0.3) is 0 Å². The molecule has 0 unspecified atom stereocenters. The summed E-state index contributed by atoms with van der Waals surface area (Å²) in [5.74, 6) is 2.59. The van der Waals surface area contributed by atoms with Crippen LogP contribution in [0.4, 0.5) is 5.69 Å². The molecule has 0 fully saturated rings. The highest BCUT2D eigenvalue weighted by molar-refractivity contribution is 5.92. The lowest BCUT2D eigenvalue weighted by molar-refractivity contribution is -0.672. The van der Waals surface area contributed by atoms with Gasteiger partial charge in [0.1, 0.15) is 12.4 Å². The van der Waals surface area contributed by atoms with E-state index < -0.39 is 0 Å². The number of rotatable bonds is 5. The molecule has 1 aromatic carbocycles. The first kappa shape index (κ1) is 18.2. The second-order valence-electron chi connectivity index (χ2n) is 7.07. The summed E-state index contributed by atoms with van der Waals surface area (Å²) in [6.07, 6.45) is 5.02. The molecule has 0 aliphatic carbocycles. The third-order valence-corrected chi connectivity index (χ3v) is 4.18. The van der Waals surface area contributed by atoms with E-state index in [1.165, 1.54) is 11.1 Å². The Morgan fingerprint density at radius 1 is 1.25 bits per heavy atom. The Balaban J connectivity index is 2.64. The van der Waals surface area contributed by atoms with Gasteiger partial charge in [0.05, 0.1) is 26.9 Å². The molecule has 0 spiro atoms. The van der Waals surface area contributed by atoms with Crippen LogP contribution in [-0.2, 0) is 25.3 Å². The molecule has 0 saturated carbocycles. The van der Waals surface area contributed by atoms with Crippen LogP contribution in [0.3, 0.4) is 0 Å². The summed E-state index contributed by atoms with van der Waals surface area (Å²) in [5, 5.41) is 0. The summed E-state index contributed by atoms with van der Waals surface area (Å²) in [6.45, 7) is 8.90. The minimum atomic E-state index is 0.413. The summed E-state index contributed by atoms with van der Waals surface area (Å²) >= 11 is 0. The number of aliphatic imine (C=N–C) groups is 1. The van der Waals surface area contributed by atoms with Gasteiger partial charge in [0, 0.05) is 0 Å². The lowest BCUT2D eigenvalue weighted by Crippen LogP contribution is -2.35. The molecule has 1 aromatic heterocycles. The normalized spacial score (nSPS) is 12.3. The highest BCUT2D eigenvalue weighted by atomic mass is 16.5. The zero-order valence-corrected chi connectivity index (χ0v) is 16.0. The Morgan fingerprint density at radius 2 is 1.96 bits per heavy atom. The average molecular weight is 328 g/mol. The van der Waals surface area contributed by atoms with Gasteiger partial charge in [-0.3, -0.25) is 0 Å². The van der Waals surface area contributed by atoms with Crippen molar-refractivity contribution >= 4 is 11.6 Å². The molecule has 0 amide bonds. The number of imidazole rings is 1. The predicted octanol–water partition coefficient (Wildman–Crippen LogP) is 3.90. The third-order valence-electron chi connectivity index (χ3n) is 4.18. The van der Waals surface area contributed by atoms with Crippen LogP contribution in [0.1, 0.15) is 50.6 Å². The summed E-state index contributed by atoms with van der Waals surface area (Å²) < 4.78 is 9.72. The molecule has 0 N–H and O–H groups in total. The van der Waals surface area contributed by atoms with Gasteiger partial charge >= 0.3 is 11.7 Å². The van der Waals surface area contributed by atoms with Crippen LogP contribution in [0.5, 0.6) is 0 Å². The zero-order valence-electron chi connectivity index (χ0n) is 16.0. The first-order chi connectivity index (χ1) is 11.3. The largest absolute Gasteiger partial charge is 0.475 e. The van der Waals surface area contributed by atoms with Gasteiger partial charge in [-0.2, -0.15) is 0 Å². The van der Waals surface area contributed by atoms with Crippen molar-refractivity contribution in [3.8, 4) is 0 Å². The lowest BCUT2D eigenvalue weighted by atomic mass is 9.94. The zero-order chi connectivity index (χ0) is 17.9. The lowest BCUT2D eigenvalue weighted by Gasteiger charge is -2.16. The quantitative estimate of drug-likeness (QED) is 0.465. The van der Waals surface area contributed by atoms with Gasteiger partial charge in [-0.1, -0.05) is 45.9 Å². The third kappa shape index (κ3) is 3.86. The van der Waals surface area contributed by atoms with E-state index in [9.17, 15) is 0 Å². The fourth-order valence-corrected chi connectivity index (χ4v) is 3.00. The molecule has 24 heavy (non-hydrogen) atoms. The Labute approximate surface area is 145 Å². The minimum Gasteiger partial charge on any atom is -0.475 e. The van der Waals surface area contributed by atoms with E-state index in [1.54, 1.807) is 7.11 Å². The SMILES string of the molecule is CO/C(=N\c1c(CC(C)C)cccc1C(C)C)c1n(C)cc[n+]1C. The molecular weight excluding hydrogens is 298 g/mol. The van der Waals surface area contributed by atoms with E-state index in [0.29, 0.717) is 17.7 Å². The van der Waals surface area contributed by atoms with Crippen molar-refractivity contribution in [3.63, 3.8) is 0 Å². The van der Waals surface area contributed by atoms with Crippen LogP contribution in [0.15, 0.2) is 35.6 Å². The maximum atomic E-state index is 5.66. The fourth-order valence-electron chi connectivity index (χ4n) is 3.00. The Bertz CT molecular complexity index is 707. The summed E-state index contributed by atoms with van der Waals surface area (Å²) in [4.78, 5) is 4.97. The smallest absolute Gasteiger partial charge is 0.344 e. The minimum absolute atomic E-state index is 0.413. The Hall–Kier alpha value is -2.10. The van der Waals surface area contributed by atoms with Gasteiger partial charge in [0.15, 0.2) is 0 Å². The van der Waals surface area contributed by atoms with Crippen LogP contribution in [0.2, 0.25) is 0 Å². The van der Waals surface area contributed by atoms with E-state index in [4.69, 9.17) is 9.73 Å². The molecule has 0 aliphatic heterocycles. The van der Waals surface area contributed by atoms with Crippen molar-refractivity contribution in [1.29, 1.82) is 0 Å². The molecule has 0 saturated heterocycles. The standard InChI is InChI=1S/C20H30N3O/c1-14(2)13-16-9-8-10-17(15(3)4)18(16)21-19(24-7)20-22(5)11-12-23(20)6/h8-12,14-15H,13H2,1-7H3/q+1/b21-19-. The van der Waals surface area contributed by atoms with Gasteiger partial charge < -0.3 is 4.74 Å². The first-order valence-electron chi connectivity index (χ1n) is 8.60. The van der Waals surface area contributed by atoms with Gasteiger partial charge in [-0.25, -0.2) is 14.1 Å². The molecule has 4 heteroatoms. The van der Waals surface area contributed by atoms with Crippen LogP contribution in [0, 0.1) is 5.92 Å². The van der Waals surface area contributed by atoms with E-state index in [1.807, 2.05) is 35.6 Å². The van der Waals surface area contributed by atoms with E-state index in [-0.39, 0.29) is 0 Å². The summed E-state index contributed by atoms with van der Waals surface area (Å²) in [5.41, 5.74) is 3.60. The number of aryl methyl sites for hydroxylation is 2. The summed E-state index contributed by atoms with van der Waals surface area (Å²) in [7, 11) is 5.70. The summed E-state index contributed by atoms with van der Waals surface area (Å²) in [6, 6.07) is 6.50. The number of aromatic nitrogens is 2. The highest BCUT2D eigenvalue weighted by Gasteiger charge is 2.22. The van der Waals surface area contributed by atoms with Crippen molar-refractivity contribution in [2.75, 3.05) is 7.11 Å². The van der Waals surface area contributed by atoms with E-state index in [2.05, 4.69) is 45.9 Å². The second-order valence-corrected chi connectivity index (χ2v) is 7.07. The maximum absolute atomic E-state index is 5.66. The van der Waals surface area contributed by atoms with Crippen molar-refractivity contribution < 1.29 is 9.30 Å². The van der Waals surface area contributed by atoms with Gasteiger partial charge in [0.2, 0.25) is 0 Å². The number of nitrogens with zero attached hydrogens (tertiary/aromatic N) is 3. The maximum Gasteiger partial charge on any atom is 0.344 e. The van der Waals surface area contributed by atoms with Crippen LogP contribution < -0.4 is 4.57 Å². The van der Waals surface area contributed by atoms with E-state index >= 15 is 0 Å². The van der Waals surface area contributed by atoms with Crippen molar-refractivity contribution in [2.45, 2.75) is 40.0 Å². The number of methoxy groups -OCH3 is 1. The molecule has 2 rings (SSSR count). The van der Waals surface area contributed by atoms with Crippen molar-refractivity contribution in [2.24, 2.45) is 25.0 Å². The highest BCUT2D eigenvalue weighted by Crippen LogP contribution is 2.32. The second kappa shape index (κ2) is 7.65. The van der Waals surface area contributed by atoms with Gasteiger partial charge in [-0.15, -0.1) is 0 Å². The number of benzene rings is 1. The molecule has 0 radical (unpaired) electrons. The first-order valence-corrected chi connectivity index (χ1v) is 8.60. The van der Waals surface area contributed by atoms with Gasteiger partial charge in [-0.05, 0) is 29.4 Å². The molecule has 1 heterocycles. The molecule has 0 aliphatic rings. The topological polar surface area (TPSA) is 30.4 Å². The predicted molar refractivity (Wildman–Crippen MR) is 98.9 cm³/mol. The molecule has 0 bridgehead atoms. The van der Waals surface area contributed by atoms with Crippen LogP contribution >= 0.6 is 0 Å². The molecule has 0 atom stereocenters. The fraction of sp³-hybridized carbons (Fsp3) is 0.500. The van der Waals surface area contributed by atoms with Crippen molar-refractivity contribution in [1.82, 2.24) is 4.57 Å². The van der Waals surface area contributed by atoms with E-state index in [0.717, 1.165) is 17.9 Å². The van der Waals surface area contributed by atoms with Gasteiger partial charge in [0.25, 0.3) is 0 Å². The number of hydrogen-bond acceptors (Lipinski definition) is 2. The van der Waals surface area contributed by atoms with Crippen LogP contribution in [-0.4, -0.2) is 17.6 Å². The Morgan fingerprint density at radius 3 is 2.46 bits per heavy atom. The number of hydrogen-bond donors (Lipinski definition) is 0. The molecule has 2 aromatic rings. The molecule has 4 nitrogen and oxygen atoms in total. The molecular formula is C20H30N3O+. The number of ether oxygens (including phenoxy) is 1. The monoisotopic (exact) mass is 328 g/mol. The number of para-hydroxylation sites is 1. The Kier molecular flexibility index (Phi) is 5.81. The van der Waals surface area contributed by atoms with Crippen molar-refractivity contribution in [3.05, 3.63) is 47.5 Å². The molecule has 130 valence electrons. The average Bonchev–Trinajstić information content (AvgIpc) is 2.84.